The molecule has 0 heterocycles. The number of amides is 1. The fourth-order valence-corrected chi connectivity index (χ4v) is 2.44. The number of halogens is 1. The Morgan fingerprint density at radius 2 is 1.41 bits per heavy atom. The summed E-state index contributed by atoms with van der Waals surface area (Å²) in [6.45, 7) is 7.15. The van der Waals surface area contributed by atoms with Crippen LogP contribution in [0, 0.1) is 20.2 Å². The zero-order valence-corrected chi connectivity index (χ0v) is 13.3. The third-order valence-corrected chi connectivity index (χ3v) is 3.41. The molecule has 0 aromatic heterocycles. The third kappa shape index (κ3) is 3.51. The van der Waals surface area contributed by atoms with Gasteiger partial charge in [0.2, 0.25) is 0 Å². The van der Waals surface area contributed by atoms with E-state index in [4.69, 9.17) is 11.6 Å². The van der Waals surface area contributed by atoms with Crippen LogP contribution in [0.3, 0.4) is 0 Å². The summed E-state index contributed by atoms with van der Waals surface area (Å²) in [4.78, 5) is 34.3. The lowest BCUT2D eigenvalue weighted by atomic mass is 10.1. The summed E-state index contributed by atoms with van der Waals surface area (Å²) in [6.07, 6.45) is 0. The summed E-state index contributed by atoms with van der Waals surface area (Å²) >= 11 is 5.67. The molecule has 1 rings (SSSR count). The normalized spacial score (nSPS) is 10.9. The van der Waals surface area contributed by atoms with Gasteiger partial charge in [-0.3, -0.25) is 25.0 Å². The van der Waals surface area contributed by atoms with Gasteiger partial charge in [0.05, 0.1) is 15.4 Å². The Balaban J connectivity index is 3.50. The van der Waals surface area contributed by atoms with E-state index in [0.717, 1.165) is 12.1 Å². The van der Waals surface area contributed by atoms with Crippen LogP contribution >= 0.6 is 11.6 Å². The molecule has 0 spiro atoms. The van der Waals surface area contributed by atoms with Gasteiger partial charge in [-0.05, 0) is 27.7 Å². The highest BCUT2D eigenvalue weighted by atomic mass is 35.5. The monoisotopic (exact) mass is 329 g/mol. The molecule has 8 nitrogen and oxygen atoms in total. The lowest BCUT2D eigenvalue weighted by Crippen LogP contribution is -2.42. The number of nitrogens with zero attached hydrogens (tertiary/aromatic N) is 3. The van der Waals surface area contributed by atoms with Gasteiger partial charge >= 0.3 is 0 Å². The number of benzene rings is 1. The Labute approximate surface area is 132 Å². The van der Waals surface area contributed by atoms with E-state index in [1.54, 1.807) is 27.7 Å². The fourth-order valence-electron chi connectivity index (χ4n) is 2.20. The first-order chi connectivity index (χ1) is 10.1. The first kappa shape index (κ1) is 17.8. The molecular weight excluding hydrogens is 314 g/mol. The maximum absolute atomic E-state index is 12.5. The number of rotatable bonds is 5. The molecule has 0 saturated heterocycles. The molecule has 1 aromatic rings. The van der Waals surface area contributed by atoms with Crippen LogP contribution in [0.2, 0.25) is 5.02 Å². The molecule has 0 saturated carbocycles. The fraction of sp³-hybridized carbons (Fsp3) is 0.462. The zero-order chi connectivity index (χ0) is 17.2. The quantitative estimate of drug-likeness (QED) is 0.607. The minimum Gasteiger partial charge on any atom is -0.334 e. The van der Waals surface area contributed by atoms with Gasteiger partial charge in [0.15, 0.2) is 5.02 Å². The van der Waals surface area contributed by atoms with Crippen molar-refractivity contribution in [1.29, 1.82) is 0 Å². The van der Waals surface area contributed by atoms with E-state index in [1.807, 2.05) is 0 Å². The summed E-state index contributed by atoms with van der Waals surface area (Å²) in [5.41, 5.74) is -1.46. The molecule has 1 amide bonds. The van der Waals surface area contributed by atoms with Crippen LogP contribution in [-0.4, -0.2) is 32.7 Å². The molecule has 0 fully saturated rings. The molecule has 1 aromatic carbocycles. The summed E-state index contributed by atoms with van der Waals surface area (Å²) in [6, 6.07) is 1.60. The first-order valence-corrected chi connectivity index (χ1v) is 6.90. The molecule has 120 valence electrons. The number of nitro benzene ring substituents is 2. The number of nitro groups is 2. The Morgan fingerprint density at radius 1 is 1.05 bits per heavy atom. The Morgan fingerprint density at radius 3 is 1.68 bits per heavy atom. The van der Waals surface area contributed by atoms with Crippen LogP contribution in [0.1, 0.15) is 38.1 Å². The summed E-state index contributed by atoms with van der Waals surface area (Å²) in [7, 11) is 0. The molecule has 22 heavy (non-hydrogen) atoms. The van der Waals surface area contributed by atoms with Crippen molar-refractivity contribution in [1.82, 2.24) is 4.90 Å². The van der Waals surface area contributed by atoms with Crippen LogP contribution in [0.25, 0.3) is 0 Å². The average molecular weight is 330 g/mol. The Hall–Kier alpha value is -2.22. The lowest BCUT2D eigenvalue weighted by molar-refractivity contribution is -0.393. The highest BCUT2D eigenvalue weighted by Crippen LogP contribution is 2.35. The van der Waals surface area contributed by atoms with Crippen LogP contribution in [0.5, 0.6) is 0 Å². The second kappa shape index (κ2) is 6.69. The van der Waals surface area contributed by atoms with Gasteiger partial charge < -0.3 is 4.90 Å². The van der Waals surface area contributed by atoms with Crippen molar-refractivity contribution in [3.05, 3.63) is 42.9 Å². The highest BCUT2D eigenvalue weighted by molar-refractivity contribution is 6.35. The van der Waals surface area contributed by atoms with E-state index in [-0.39, 0.29) is 17.6 Å². The van der Waals surface area contributed by atoms with Gasteiger partial charge in [-0.1, -0.05) is 11.6 Å². The van der Waals surface area contributed by atoms with Crippen molar-refractivity contribution in [3.8, 4) is 0 Å². The topological polar surface area (TPSA) is 107 Å². The molecule has 0 bridgehead atoms. The molecule has 0 atom stereocenters. The smallest absolute Gasteiger partial charge is 0.295 e. The van der Waals surface area contributed by atoms with Gasteiger partial charge in [-0.2, -0.15) is 0 Å². The van der Waals surface area contributed by atoms with Crippen molar-refractivity contribution >= 4 is 28.9 Å². The summed E-state index contributed by atoms with van der Waals surface area (Å²) in [5.74, 6) is -0.520. The van der Waals surface area contributed by atoms with E-state index in [1.165, 1.54) is 4.90 Å². The second-order valence-corrected chi connectivity index (χ2v) is 5.62. The second-order valence-electron chi connectivity index (χ2n) is 5.24. The molecule has 0 N–H and O–H groups in total. The Bertz CT molecular complexity index is 587. The predicted molar refractivity (Wildman–Crippen MR) is 81.2 cm³/mol. The molecular formula is C13H16ClN3O5. The van der Waals surface area contributed by atoms with E-state index < -0.39 is 32.2 Å². The van der Waals surface area contributed by atoms with E-state index in [0.29, 0.717) is 0 Å². The van der Waals surface area contributed by atoms with Crippen LogP contribution in [0.15, 0.2) is 12.1 Å². The minimum atomic E-state index is -0.846. The van der Waals surface area contributed by atoms with Gasteiger partial charge in [0.1, 0.15) is 0 Å². The van der Waals surface area contributed by atoms with Crippen molar-refractivity contribution in [2.75, 3.05) is 0 Å². The van der Waals surface area contributed by atoms with Crippen LogP contribution in [0.4, 0.5) is 11.4 Å². The van der Waals surface area contributed by atoms with E-state index in [2.05, 4.69) is 0 Å². The number of hydrogen-bond acceptors (Lipinski definition) is 5. The first-order valence-electron chi connectivity index (χ1n) is 6.52. The number of hydrogen-bond donors (Lipinski definition) is 0. The van der Waals surface area contributed by atoms with Crippen molar-refractivity contribution in [3.63, 3.8) is 0 Å². The highest BCUT2D eigenvalue weighted by Gasteiger charge is 2.30. The van der Waals surface area contributed by atoms with E-state index in [9.17, 15) is 25.0 Å². The summed E-state index contributed by atoms with van der Waals surface area (Å²) in [5, 5.41) is 21.4. The van der Waals surface area contributed by atoms with Crippen LogP contribution in [-0.2, 0) is 0 Å². The predicted octanol–water partition coefficient (Wildman–Crippen LogP) is 3.42. The standard InChI is InChI=1S/C13H16ClN3O5/c1-7(2)15(8(3)4)13(18)9-5-10(16(19)20)12(14)11(6-9)17(21)22/h5-8H,1-4H3. The lowest BCUT2D eigenvalue weighted by Gasteiger charge is -2.30. The third-order valence-electron chi connectivity index (χ3n) is 3.02. The maximum atomic E-state index is 12.5. The summed E-state index contributed by atoms with van der Waals surface area (Å²) < 4.78 is 0. The Kier molecular flexibility index (Phi) is 5.43. The van der Waals surface area contributed by atoms with Crippen LogP contribution < -0.4 is 0 Å². The van der Waals surface area contributed by atoms with Crippen molar-refractivity contribution in [2.24, 2.45) is 0 Å². The molecule has 0 aliphatic rings. The van der Waals surface area contributed by atoms with E-state index >= 15 is 0 Å². The zero-order valence-electron chi connectivity index (χ0n) is 12.6. The maximum Gasteiger partial charge on any atom is 0.295 e. The molecule has 0 aliphatic heterocycles. The SMILES string of the molecule is CC(C)N(C(=O)c1cc([N+](=O)[O-])c(Cl)c([N+](=O)[O-])c1)C(C)C. The molecule has 0 radical (unpaired) electrons. The number of carbonyl (C=O) groups is 1. The van der Waals surface area contributed by atoms with Gasteiger partial charge in [-0.15, -0.1) is 0 Å². The molecule has 9 heteroatoms. The molecule has 0 unspecified atom stereocenters. The minimum absolute atomic E-state index is 0.134. The largest absolute Gasteiger partial charge is 0.334 e. The average Bonchev–Trinajstić information content (AvgIpc) is 2.36. The van der Waals surface area contributed by atoms with Gasteiger partial charge in [0, 0.05) is 24.2 Å². The van der Waals surface area contributed by atoms with Gasteiger partial charge in [-0.25, -0.2) is 0 Å². The molecule has 0 aliphatic carbocycles. The van der Waals surface area contributed by atoms with Gasteiger partial charge in [0.25, 0.3) is 17.3 Å². The van der Waals surface area contributed by atoms with Crippen molar-refractivity contribution < 1.29 is 14.6 Å². The van der Waals surface area contributed by atoms with Crippen molar-refractivity contribution in [2.45, 2.75) is 39.8 Å². The number of carbonyl (C=O) groups excluding carboxylic acids is 1.